The van der Waals surface area contributed by atoms with E-state index in [1.165, 1.54) is 32.1 Å². The first-order chi connectivity index (χ1) is 9.79. The van der Waals surface area contributed by atoms with E-state index >= 15 is 0 Å². The lowest BCUT2D eigenvalue weighted by molar-refractivity contribution is -0.123. The predicted molar refractivity (Wildman–Crippen MR) is 75.8 cm³/mol. The number of ether oxygens (including phenoxy) is 2. The molecule has 112 valence electrons. The SMILES string of the molecule is COCCOCC(=O)Cc1ccn(C2CCCCC2)n1. The number of hydrogen-bond acceptors (Lipinski definition) is 4. The highest BCUT2D eigenvalue weighted by atomic mass is 16.5. The van der Waals surface area contributed by atoms with Crippen molar-refractivity contribution in [3.63, 3.8) is 0 Å². The maximum atomic E-state index is 11.7. The number of carbonyl (C=O) groups is 1. The molecule has 5 nitrogen and oxygen atoms in total. The molecule has 0 amide bonds. The predicted octanol–water partition coefficient (Wildman–Crippen LogP) is 2.16. The normalized spacial score (nSPS) is 16.4. The molecule has 0 N–H and O–H groups in total. The van der Waals surface area contributed by atoms with Gasteiger partial charge < -0.3 is 9.47 Å². The fourth-order valence-electron chi connectivity index (χ4n) is 2.60. The molecule has 0 aliphatic heterocycles. The molecule has 5 heteroatoms. The highest BCUT2D eigenvalue weighted by molar-refractivity contribution is 5.81. The van der Waals surface area contributed by atoms with Crippen LogP contribution in [-0.4, -0.2) is 42.5 Å². The number of hydrogen-bond donors (Lipinski definition) is 0. The van der Waals surface area contributed by atoms with E-state index in [4.69, 9.17) is 9.47 Å². The third-order valence-corrected chi connectivity index (χ3v) is 3.69. The van der Waals surface area contributed by atoms with E-state index in [0.29, 0.717) is 25.7 Å². The van der Waals surface area contributed by atoms with Gasteiger partial charge in [-0.3, -0.25) is 9.48 Å². The number of methoxy groups -OCH3 is 1. The van der Waals surface area contributed by atoms with Gasteiger partial charge in [-0.05, 0) is 18.9 Å². The third kappa shape index (κ3) is 4.72. The monoisotopic (exact) mass is 280 g/mol. The van der Waals surface area contributed by atoms with Crippen LogP contribution >= 0.6 is 0 Å². The summed E-state index contributed by atoms with van der Waals surface area (Å²) in [5.74, 6) is 0.0648. The molecular weight excluding hydrogens is 256 g/mol. The summed E-state index contributed by atoms with van der Waals surface area (Å²) in [7, 11) is 1.61. The van der Waals surface area contributed by atoms with Crippen molar-refractivity contribution in [3.05, 3.63) is 18.0 Å². The van der Waals surface area contributed by atoms with Crippen molar-refractivity contribution in [2.75, 3.05) is 26.9 Å². The Balaban J connectivity index is 1.75. The Bertz CT molecular complexity index is 411. The maximum Gasteiger partial charge on any atom is 0.164 e. The van der Waals surface area contributed by atoms with Crippen LogP contribution < -0.4 is 0 Å². The molecule has 2 rings (SSSR count). The van der Waals surface area contributed by atoms with Crippen LogP contribution in [0.5, 0.6) is 0 Å². The lowest BCUT2D eigenvalue weighted by atomic mass is 9.96. The van der Waals surface area contributed by atoms with Gasteiger partial charge in [0.1, 0.15) is 6.61 Å². The molecule has 1 aliphatic rings. The Morgan fingerprint density at radius 2 is 2.15 bits per heavy atom. The van der Waals surface area contributed by atoms with Crippen molar-refractivity contribution in [1.29, 1.82) is 0 Å². The first-order valence-electron chi connectivity index (χ1n) is 7.42. The Kier molecular flexibility index (Phi) is 6.21. The number of aromatic nitrogens is 2. The van der Waals surface area contributed by atoms with Gasteiger partial charge in [-0.25, -0.2) is 0 Å². The fraction of sp³-hybridized carbons (Fsp3) is 0.733. The second-order valence-corrected chi connectivity index (χ2v) is 5.34. The lowest BCUT2D eigenvalue weighted by Gasteiger charge is -2.21. The second kappa shape index (κ2) is 8.17. The highest BCUT2D eigenvalue weighted by Gasteiger charge is 2.16. The van der Waals surface area contributed by atoms with Gasteiger partial charge in [0.05, 0.1) is 31.4 Å². The van der Waals surface area contributed by atoms with Gasteiger partial charge in [-0.1, -0.05) is 19.3 Å². The van der Waals surface area contributed by atoms with Crippen LogP contribution in [0.1, 0.15) is 43.8 Å². The zero-order valence-corrected chi connectivity index (χ0v) is 12.2. The minimum Gasteiger partial charge on any atom is -0.382 e. The summed E-state index contributed by atoms with van der Waals surface area (Å²) in [5, 5.41) is 4.53. The smallest absolute Gasteiger partial charge is 0.164 e. The lowest BCUT2D eigenvalue weighted by Crippen LogP contribution is -2.16. The summed E-state index contributed by atoms with van der Waals surface area (Å²) in [6.07, 6.45) is 8.67. The summed E-state index contributed by atoms with van der Waals surface area (Å²) in [6, 6.07) is 2.47. The summed E-state index contributed by atoms with van der Waals surface area (Å²) < 4.78 is 12.1. The van der Waals surface area contributed by atoms with E-state index in [2.05, 4.69) is 5.10 Å². The second-order valence-electron chi connectivity index (χ2n) is 5.34. The Morgan fingerprint density at radius 1 is 1.35 bits per heavy atom. The van der Waals surface area contributed by atoms with Crippen molar-refractivity contribution in [2.45, 2.75) is 44.6 Å². The molecule has 0 radical (unpaired) electrons. The van der Waals surface area contributed by atoms with E-state index in [1.54, 1.807) is 7.11 Å². The highest BCUT2D eigenvalue weighted by Crippen LogP contribution is 2.27. The van der Waals surface area contributed by atoms with Crippen LogP contribution in [0.3, 0.4) is 0 Å². The van der Waals surface area contributed by atoms with E-state index in [-0.39, 0.29) is 12.4 Å². The van der Waals surface area contributed by atoms with Crippen molar-refractivity contribution < 1.29 is 14.3 Å². The Morgan fingerprint density at radius 3 is 2.90 bits per heavy atom. The number of rotatable bonds is 8. The molecule has 1 heterocycles. The minimum absolute atomic E-state index is 0.0648. The van der Waals surface area contributed by atoms with E-state index in [9.17, 15) is 4.79 Å². The van der Waals surface area contributed by atoms with Crippen LogP contribution in [0.25, 0.3) is 0 Å². The number of carbonyl (C=O) groups excluding carboxylic acids is 1. The van der Waals surface area contributed by atoms with Crippen LogP contribution in [0, 0.1) is 0 Å². The molecular formula is C15H24N2O3. The van der Waals surface area contributed by atoms with E-state index in [0.717, 1.165) is 5.69 Å². The van der Waals surface area contributed by atoms with Gasteiger partial charge >= 0.3 is 0 Å². The quantitative estimate of drug-likeness (QED) is 0.685. The molecule has 0 unspecified atom stereocenters. The molecule has 0 spiro atoms. The van der Waals surface area contributed by atoms with Crippen molar-refractivity contribution in [1.82, 2.24) is 9.78 Å². The Hall–Kier alpha value is -1.20. The third-order valence-electron chi connectivity index (χ3n) is 3.69. The largest absolute Gasteiger partial charge is 0.382 e. The molecule has 20 heavy (non-hydrogen) atoms. The molecule has 0 aromatic carbocycles. The van der Waals surface area contributed by atoms with Crippen LogP contribution in [0.2, 0.25) is 0 Å². The fourth-order valence-corrected chi connectivity index (χ4v) is 2.60. The molecule has 0 bridgehead atoms. The standard InChI is InChI=1S/C15H24N2O3/c1-19-9-10-20-12-15(18)11-13-7-8-17(16-13)14-5-3-2-4-6-14/h7-8,14H,2-6,9-12H2,1H3. The molecule has 0 atom stereocenters. The van der Waals surface area contributed by atoms with Gasteiger partial charge in [-0.15, -0.1) is 0 Å². The summed E-state index contributed by atoms with van der Waals surface area (Å²) in [6.45, 7) is 1.11. The number of ketones is 1. The van der Waals surface area contributed by atoms with Crippen molar-refractivity contribution in [2.24, 2.45) is 0 Å². The summed E-state index contributed by atoms with van der Waals surface area (Å²) >= 11 is 0. The zero-order chi connectivity index (χ0) is 14.2. The van der Waals surface area contributed by atoms with E-state index in [1.807, 2.05) is 16.9 Å². The maximum absolute atomic E-state index is 11.7. The first kappa shape index (κ1) is 15.2. The average Bonchev–Trinajstić information content (AvgIpc) is 2.93. The summed E-state index contributed by atoms with van der Waals surface area (Å²) in [4.78, 5) is 11.7. The molecule has 0 saturated heterocycles. The van der Waals surface area contributed by atoms with E-state index < -0.39 is 0 Å². The van der Waals surface area contributed by atoms with Gasteiger partial charge in [0, 0.05) is 13.3 Å². The van der Waals surface area contributed by atoms with Gasteiger partial charge in [0.15, 0.2) is 5.78 Å². The van der Waals surface area contributed by atoms with Gasteiger partial charge in [-0.2, -0.15) is 5.10 Å². The van der Waals surface area contributed by atoms with Gasteiger partial charge in [0.25, 0.3) is 0 Å². The number of nitrogens with zero attached hydrogens (tertiary/aromatic N) is 2. The topological polar surface area (TPSA) is 53.4 Å². The van der Waals surface area contributed by atoms with Crippen molar-refractivity contribution >= 4 is 5.78 Å². The van der Waals surface area contributed by atoms with Crippen LogP contribution in [0.15, 0.2) is 12.3 Å². The molecule has 1 fully saturated rings. The van der Waals surface area contributed by atoms with Crippen molar-refractivity contribution in [3.8, 4) is 0 Å². The minimum atomic E-state index is 0.0648. The molecule has 1 aromatic heterocycles. The van der Waals surface area contributed by atoms with Gasteiger partial charge in [0.2, 0.25) is 0 Å². The number of Topliss-reactive ketones (excluding diaryl/α,β-unsaturated/α-hetero) is 1. The van der Waals surface area contributed by atoms with Crippen LogP contribution in [-0.2, 0) is 20.7 Å². The average molecular weight is 280 g/mol. The molecule has 1 aromatic rings. The Labute approximate surface area is 120 Å². The van der Waals surface area contributed by atoms with Crippen LogP contribution in [0.4, 0.5) is 0 Å². The first-order valence-corrected chi connectivity index (χ1v) is 7.42. The summed E-state index contributed by atoms with van der Waals surface area (Å²) in [5.41, 5.74) is 0.843. The zero-order valence-electron chi connectivity index (χ0n) is 12.2. The molecule has 1 aliphatic carbocycles. The molecule has 1 saturated carbocycles.